The van der Waals surface area contributed by atoms with Gasteiger partial charge < -0.3 is 19.9 Å². The van der Waals surface area contributed by atoms with E-state index in [2.05, 4.69) is 55.3 Å². The van der Waals surface area contributed by atoms with E-state index in [0.29, 0.717) is 23.8 Å². The molecule has 4 aromatic rings. The number of hydrogen-bond donors (Lipinski definition) is 2. The molecule has 4 rings (SSSR count). The first-order chi connectivity index (χ1) is 16.7. The first-order valence-electron chi connectivity index (χ1n) is 11.6. The van der Waals surface area contributed by atoms with Gasteiger partial charge in [-0.15, -0.1) is 0 Å². The third-order valence-electron chi connectivity index (χ3n) is 6.43. The Morgan fingerprint density at radius 1 is 0.943 bits per heavy atom. The monoisotopic (exact) mass is 485 g/mol. The number of nitrogens with one attached hydrogen (secondary N) is 2. The molecule has 0 atom stereocenters. The molecule has 0 unspecified atom stereocenters. The zero-order chi connectivity index (χ0) is 25.1. The fraction of sp³-hybridized carbons (Fsp3) is 0.241. The van der Waals surface area contributed by atoms with E-state index in [-0.39, 0.29) is 5.56 Å². The third kappa shape index (κ3) is 5.54. The minimum atomic E-state index is -0.0970. The minimum absolute atomic E-state index is 0.0970. The molecule has 0 spiro atoms. The standard InChI is InChI=1S/C29H31N3O2S/c1-18-6-13-26(20(3)14-18)30-29(35)32(16-22-8-11-25(34-5)12-9-22)17-24-15-23-10-7-19(2)21(4)27(23)31-28(24)33/h6-15H,16-17H2,1-5H3,(H,30,35)(H,31,33). The highest BCUT2D eigenvalue weighted by Gasteiger charge is 2.16. The van der Waals surface area contributed by atoms with Crippen molar-refractivity contribution in [2.24, 2.45) is 0 Å². The number of aromatic amines is 1. The lowest BCUT2D eigenvalue weighted by Gasteiger charge is -2.27. The normalized spacial score (nSPS) is 10.9. The molecule has 0 saturated heterocycles. The molecule has 1 heterocycles. The molecular weight excluding hydrogens is 454 g/mol. The van der Waals surface area contributed by atoms with Crippen molar-refractivity contribution in [1.29, 1.82) is 0 Å². The van der Waals surface area contributed by atoms with Crippen molar-refractivity contribution >= 4 is 33.9 Å². The zero-order valence-corrected chi connectivity index (χ0v) is 21.7. The molecule has 35 heavy (non-hydrogen) atoms. The summed E-state index contributed by atoms with van der Waals surface area (Å²) >= 11 is 5.85. The first-order valence-corrected chi connectivity index (χ1v) is 12.0. The smallest absolute Gasteiger partial charge is 0.253 e. The van der Waals surface area contributed by atoms with Gasteiger partial charge in [0.25, 0.3) is 5.56 Å². The van der Waals surface area contributed by atoms with Crippen LogP contribution in [-0.2, 0) is 13.1 Å². The van der Waals surface area contributed by atoms with Gasteiger partial charge in [-0.25, -0.2) is 0 Å². The molecule has 0 amide bonds. The molecular formula is C29H31N3O2S. The Balaban J connectivity index is 1.67. The van der Waals surface area contributed by atoms with E-state index in [9.17, 15) is 4.79 Å². The molecule has 180 valence electrons. The summed E-state index contributed by atoms with van der Waals surface area (Å²) in [5.41, 5.74) is 8.04. The molecule has 0 aliphatic heterocycles. The molecule has 3 aromatic carbocycles. The summed E-state index contributed by atoms with van der Waals surface area (Å²) in [5, 5.41) is 4.97. The van der Waals surface area contributed by atoms with Crippen LogP contribution in [0.5, 0.6) is 5.75 Å². The van der Waals surface area contributed by atoms with Crippen LogP contribution in [-0.4, -0.2) is 22.1 Å². The Labute approximate surface area is 211 Å². The fourth-order valence-corrected chi connectivity index (χ4v) is 4.43. The number of aryl methyl sites for hydroxylation is 4. The molecule has 0 fully saturated rings. The fourth-order valence-electron chi connectivity index (χ4n) is 4.19. The van der Waals surface area contributed by atoms with E-state index in [1.165, 1.54) is 5.56 Å². The van der Waals surface area contributed by atoms with E-state index in [1.54, 1.807) is 7.11 Å². The molecule has 1 aromatic heterocycles. The number of nitrogens with zero attached hydrogens (tertiary/aromatic N) is 1. The van der Waals surface area contributed by atoms with Gasteiger partial charge in [0.05, 0.1) is 19.2 Å². The summed E-state index contributed by atoms with van der Waals surface area (Å²) in [6, 6.07) is 20.2. The highest BCUT2D eigenvalue weighted by atomic mass is 32.1. The van der Waals surface area contributed by atoms with Crippen LogP contribution >= 0.6 is 12.2 Å². The maximum atomic E-state index is 13.1. The van der Waals surface area contributed by atoms with Crippen LogP contribution in [0.1, 0.15) is 33.4 Å². The van der Waals surface area contributed by atoms with Crippen molar-refractivity contribution in [1.82, 2.24) is 9.88 Å². The molecule has 0 aliphatic rings. The second-order valence-electron chi connectivity index (χ2n) is 9.05. The lowest BCUT2D eigenvalue weighted by atomic mass is 10.0. The van der Waals surface area contributed by atoms with Gasteiger partial charge in [0.1, 0.15) is 5.75 Å². The Kier molecular flexibility index (Phi) is 7.22. The summed E-state index contributed by atoms with van der Waals surface area (Å²) in [6.07, 6.45) is 0. The van der Waals surface area contributed by atoms with E-state index in [4.69, 9.17) is 17.0 Å². The van der Waals surface area contributed by atoms with Crippen LogP contribution in [0.3, 0.4) is 0 Å². The predicted octanol–water partition coefficient (Wildman–Crippen LogP) is 6.17. The summed E-state index contributed by atoms with van der Waals surface area (Å²) in [4.78, 5) is 18.2. The third-order valence-corrected chi connectivity index (χ3v) is 6.79. The van der Waals surface area contributed by atoms with Crippen molar-refractivity contribution in [3.05, 3.63) is 104 Å². The number of thiocarbonyl (C=S) groups is 1. The summed E-state index contributed by atoms with van der Waals surface area (Å²) in [7, 11) is 1.65. The number of methoxy groups -OCH3 is 1. The van der Waals surface area contributed by atoms with Crippen molar-refractivity contribution in [2.45, 2.75) is 40.8 Å². The average Bonchev–Trinajstić information content (AvgIpc) is 2.84. The molecule has 0 aliphatic carbocycles. The SMILES string of the molecule is COc1ccc(CN(Cc2cc3ccc(C)c(C)c3[nH]c2=O)C(=S)Nc2ccc(C)cc2C)cc1. The van der Waals surface area contributed by atoms with Crippen LogP contribution in [0.25, 0.3) is 10.9 Å². The zero-order valence-electron chi connectivity index (χ0n) is 20.9. The Hall–Kier alpha value is -3.64. The molecule has 0 radical (unpaired) electrons. The number of rotatable bonds is 6. The lowest BCUT2D eigenvalue weighted by Crippen LogP contribution is -2.35. The average molecular weight is 486 g/mol. The summed E-state index contributed by atoms with van der Waals surface area (Å²) < 4.78 is 5.30. The largest absolute Gasteiger partial charge is 0.497 e. The Morgan fingerprint density at radius 2 is 1.69 bits per heavy atom. The van der Waals surface area contributed by atoms with Gasteiger partial charge in [0, 0.05) is 17.8 Å². The lowest BCUT2D eigenvalue weighted by molar-refractivity contribution is 0.406. The van der Waals surface area contributed by atoms with Gasteiger partial charge in [0.15, 0.2) is 5.11 Å². The molecule has 2 N–H and O–H groups in total. The van der Waals surface area contributed by atoms with E-state index < -0.39 is 0 Å². The second-order valence-corrected chi connectivity index (χ2v) is 9.43. The van der Waals surface area contributed by atoms with Crippen molar-refractivity contribution < 1.29 is 4.74 Å². The van der Waals surface area contributed by atoms with Crippen LogP contribution in [0, 0.1) is 27.7 Å². The van der Waals surface area contributed by atoms with Gasteiger partial charge in [-0.3, -0.25) is 4.79 Å². The van der Waals surface area contributed by atoms with Gasteiger partial charge in [-0.05, 0) is 91.8 Å². The topological polar surface area (TPSA) is 57.4 Å². The quantitative estimate of drug-likeness (QED) is 0.320. The molecule has 5 nitrogen and oxygen atoms in total. The second kappa shape index (κ2) is 10.3. The van der Waals surface area contributed by atoms with E-state index in [0.717, 1.165) is 44.6 Å². The molecule has 0 saturated carbocycles. The van der Waals surface area contributed by atoms with E-state index >= 15 is 0 Å². The van der Waals surface area contributed by atoms with Crippen molar-refractivity contribution in [3.8, 4) is 5.75 Å². The maximum absolute atomic E-state index is 13.1. The maximum Gasteiger partial charge on any atom is 0.253 e. The molecule has 0 bridgehead atoms. The Morgan fingerprint density at radius 3 is 2.37 bits per heavy atom. The number of anilines is 1. The number of ether oxygens (including phenoxy) is 1. The Bertz CT molecular complexity index is 1440. The van der Waals surface area contributed by atoms with Crippen molar-refractivity contribution in [3.63, 3.8) is 0 Å². The number of H-pyrrole nitrogens is 1. The van der Waals surface area contributed by atoms with Crippen LogP contribution < -0.4 is 15.6 Å². The van der Waals surface area contributed by atoms with E-state index in [1.807, 2.05) is 48.2 Å². The number of fused-ring (bicyclic) bond motifs is 1. The van der Waals surface area contributed by atoms with Gasteiger partial charge >= 0.3 is 0 Å². The van der Waals surface area contributed by atoms with Crippen molar-refractivity contribution in [2.75, 3.05) is 12.4 Å². The number of benzene rings is 3. The van der Waals surface area contributed by atoms with Crippen LogP contribution in [0.4, 0.5) is 5.69 Å². The first kappa shape index (κ1) is 24.5. The summed E-state index contributed by atoms with van der Waals surface area (Å²) in [6.45, 7) is 9.14. The number of pyridine rings is 1. The van der Waals surface area contributed by atoms with Crippen LogP contribution in [0.2, 0.25) is 0 Å². The molecule has 6 heteroatoms. The predicted molar refractivity (Wildman–Crippen MR) is 148 cm³/mol. The number of aromatic nitrogens is 1. The van der Waals surface area contributed by atoms with Gasteiger partial charge in [-0.2, -0.15) is 0 Å². The highest BCUT2D eigenvalue weighted by molar-refractivity contribution is 7.80. The summed E-state index contributed by atoms with van der Waals surface area (Å²) in [5.74, 6) is 0.799. The van der Waals surface area contributed by atoms with Gasteiger partial charge in [-0.1, -0.05) is 42.0 Å². The number of hydrogen-bond acceptors (Lipinski definition) is 3. The van der Waals surface area contributed by atoms with Gasteiger partial charge in [0.2, 0.25) is 0 Å². The highest BCUT2D eigenvalue weighted by Crippen LogP contribution is 2.22. The minimum Gasteiger partial charge on any atom is -0.497 e. The van der Waals surface area contributed by atoms with Crippen LogP contribution in [0.15, 0.2) is 65.5 Å².